The van der Waals surface area contributed by atoms with Crippen LogP contribution >= 0.6 is 0 Å². The molecule has 9 heteroatoms. The quantitative estimate of drug-likeness (QED) is 0.882. The number of hydrogen-bond donors (Lipinski definition) is 1. The van der Waals surface area contributed by atoms with Crippen molar-refractivity contribution in [2.24, 2.45) is 0 Å². The van der Waals surface area contributed by atoms with Gasteiger partial charge in [0.25, 0.3) is 0 Å². The Labute approximate surface area is 99.7 Å². The van der Waals surface area contributed by atoms with Gasteiger partial charge < -0.3 is 14.7 Å². The fourth-order valence-corrected chi connectivity index (χ4v) is 1.11. The second-order valence-electron chi connectivity index (χ2n) is 3.53. The second-order valence-corrected chi connectivity index (χ2v) is 3.53. The molecular formula is C9H10F3N3O3. The molecule has 1 aromatic rings. The molecule has 1 aromatic heterocycles. The standard InChI is InChI=1S/C9H10F3N3O3/c1-5-3-6(14-18-5)13-7(16)4-15(2)8(17)9(10,11)12/h3H,4H2,1-2H3,(H,13,14,16). The lowest BCUT2D eigenvalue weighted by Crippen LogP contribution is -2.42. The van der Waals surface area contributed by atoms with Crippen molar-refractivity contribution in [2.75, 3.05) is 18.9 Å². The number of anilines is 1. The van der Waals surface area contributed by atoms with Crippen LogP contribution in [0.4, 0.5) is 19.0 Å². The highest BCUT2D eigenvalue weighted by atomic mass is 19.4. The molecule has 0 aliphatic heterocycles. The second kappa shape index (κ2) is 5.07. The molecule has 0 aromatic carbocycles. The van der Waals surface area contributed by atoms with E-state index in [4.69, 9.17) is 0 Å². The van der Waals surface area contributed by atoms with Crippen molar-refractivity contribution in [3.63, 3.8) is 0 Å². The normalized spacial score (nSPS) is 11.2. The van der Waals surface area contributed by atoms with Crippen LogP contribution in [-0.4, -0.2) is 41.6 Å². The van der Waals surface area contributed by atoms with Crippen LogP contribution in [0.2, 0.25) is 0 Å². The zero-order chi connectivity index (χ0) is 13.9. The van der Waals surface area contributed by atoms with Gasteiger partial charge in [-0.05, 0) is 6.92 Å². The first-order valence-electron chi connectivity index (χ1n) is 4.75. The first kappa shape index (κ1) is 14.0. The third-order valence-electron chi connectivity index (χ3n) is 1.87. The number of aryl methyl sites for hydroxylation is 1. The van der Waals surface area contributed by atoms with Gasteiger partial charge in [0, 0.05) is 13.1 Å². The van der Waals surface area contributed by atoms with Crippen molar-refractivity contribution >= 4 is 17.6 Å². The van der Waals surface area contributed by atoms with Crippen LogP contribution in [0.5, 0.6) is 0 Å². The van der Waals surface area contributed by atoms with E-state index in [9.17, 15) is 22.8 Å². The molecule has 6 nitrogen and oxygen atoms in total. The summed E-state index contributed by atoms with van der Waals surface area (Å²) in [5.74, 6) is -2.38. The van der Waals surface area contributed by atoms with Gasteiger partial charge in [0.15, 0.2) is 5.82 Å². The molecule has 0 fully saturated rings. The molecule has 100 valence electrons. The van der Waals surface area contributed by atoms with Crippen LogP contribution in [0.3, 0.4) is 0 Å². The van der Waals surface area contributed by atoms with Gasteiger partial charge in [-0.25, -0.2) is 0 Å². The minimum absolute atomic E-state index is 0.0744. The molecule has 0 atom stereocenters. The van der Waals surface area contributed by atoms with Crippen molar-refractivity contribution in [3.05, 3.63) is 11.8 Å². The van der Waals surface area contributed by atoms with E-state index in [0.29, 0.717) is 5.76 Å². The van der Waals surface area contributed by atoms with Crippen LogP contribution in [-0.2, 0) is 9.59 Å². The third-order valence-corrected chi connectivity index (χ3v) is 1.87. The Morgan fingerprint density at radius 2 is 2.11 bits per heavy atom. The minimum Gasteiger partial charge on any atom is -0.360 e. The molecule has 18 heavy (non-hydrogen) atoms. The number of halogens is 3. The zero-order valence-electron chi connectivity index (χ0n) is 9.54. The number of aromatic nitrogens is 1. The van der Waals surface area contributed by atoms with Crippen LogP contribution in [0.1, 0.15) is 5.76 Å². The Morgan fingerprint density at radius 1 is 1.50 bits per heavy atom. The molecule has 1 N–H and O–H groups in total. The summed E-state index contributed by atoms with van der Waals surface area (Å²) in [6, 6.07) is 1.39. The van der Waals surface area contributed by atoms with Crippen molar-refractivity contribution in [2.45, 2.75) is 13.1 Å². The molecule has 0 aliphatic rings. The molecule has 1 heterocycles. The average molecular weight is 265 g/mol. The van der Waals surface area contributed by atoms with Crippen molar-refractivity contribution in [1.82, 2.24) is 10.1 Å². The maximum Gasteiger partial charge on any atom is 0.471 e. The number of carbonyl (C=O) groups is 2. The molecule has 0 spiro atoms. The maximum absolute atomic E-state index is 12.0. The summed E-state index contributed by atoms with van der Waals surface area (Å²) in [6.07, 6.45) is -5.00. The molecule has 0 saturated carbocycles. The number of nitrogens with zero attached hydrogens (tertiary/aromatic N) is 2. The first-order valence-corrected chi connectivity index (χ1v) is 4.75. The van der Waals surface area contributed by atoms with Crippen molar-refractivity contribution in [1.29, 1.82) is 0 Å². The number of nitrogens with one attached hydrogen (secondary N) is 1. The zero-order valence-corrected chi connectivity index (χ0v) is 9.54. The van der Waals surface area contributed by atoms with Gasteiger partial charge in [0.1, 0.15) is 5.76 Å². The largest absolute Gasteiger partial charge is 0.471 e. The number of carbonyl (C=O) groups excluding carboxylic acids is 2. The minimum atomic E-state index is -5.00. The molecular weight excluding hydrogens is 255 g/mol. The molecule has 0 radical (unpaired) electrons. The topological polar surface area (TPSA) is 75.4 Å². The molecule has 0 unspecified atom stereocenters. The van der Waals surface area contributed by atoms with Crippen LogP contribution in [0.25, 0.3) is 0 Å². The van der Waals surface area contributed by atoms with Gasteiger partial charge in [0.05, 0.1) is 6.54 Å². The summed E-state index contributed by atoms with van der Waals surface area (Å²) < 4.78 is 40.7. The molecule has 0 aliphatic carbocycles. The molecule has 1 rings (SSSR count). The van der Waals surface area contributed by atoms with Gasteiger partial charge in [-0.1, -0.05) is 5.16 Å². The number of hydrogen-bond acceptors (Lipinski definition) is 4. The van der Waals surface area contributed by atoms with E-state index < -0.39 is 24.5 Å². The Bertz CT molecular complexity index is 455. The summed E-state index contributed by atoms with van der Waals surface area (Å²) in [4.78, 5) is 22.3. The SMILES string of the molecule is Cc1cc(NC(=O)CN(C)C(=O)C(F)(F)F)no1. The third kappa shape index (κ3) is 3.75. The van der Waals surface area contributed by atoms with Gasteiger partial charge in [-0.3, -0.25) is 9.59 Å². The lowest BCUT2D eigenvalue weighted by molar-refractivity contribution is -0.184. The van der Waals surface area contributed by atoms with Crippen molar-refractivity contribution in [3.8, 4) is 0 Å². The predicted octanol–water partition coefficient (Wildman–Crippen LogP) is 0.942. The Balaban J connectivity index is 2.53. The van der Waals surface area contributed by atoms with E-state index in [2.05, 4.69) is 15.0 Å². The summed E-state index contributed by atoms with van der Waals surface area (Å²) in [5, 5.41) is 5.62. The lowest BCUT2D eigenvalue weighted by Gasteiger charge is -2.17. The smallest absolute Gasteiger partial charge is 0.360 e. The number of rotatable bonds is 3. The highest BCUT2D eigenvalue weighted by Crippen LogP contribution is 2.17. The fourth-order valence-electron chi connectivity index (χ4n) is 1.11. The predicted molar refractivity (Wildman–Crippen MR) is 53.6 cm³/mol. The summed E-state index contributed by atoms with van der Waals surface area (Å²) in [6.45, 7) is 0.853. The van der Waals surface area contributed by atoms with Gasteiger partial charge >= 0.3 is 12.1 Å². The van der Waals surface area contributed by atoms with Crippen LogP contribution < -0.4 is 5.32 Å². The van der Waals surface area contributed by atoms with Crippen LogP contribution in [0, 0.1) is 6.92 Å². The van der Waals surface area contributed by atoms with E-state index in [1.807, 2.05) is 0 Å². The monoisotopic (exact) mass is 265 g/mol. The highest BCUT2D eigenvalue weighted by Gasteiger charge is 2.41. The van der Waals surface area contributed by atoms with Crippen LogP contribution in [0.15, 0.2) is 10.6 Å². The number of amides is 2. The molecule has 0 saturated heterocycles. The first-order chi connectivity index (χ1) is 8.20. The van der Waals surface area contributed by atoms with E-state index in [-0.39, 0.29) is 10.7 Å². The number of likely N-dealkylation sites (N-methyl/N-ethyl adjacent to an activating group) is 1. The van der Waals surface area contributed by atoms with E-state index in [1.165, 1.54) is 6.07 Å². The summed E-state index contributed by atoms with van der Waals surface area (Å²) >= 11 is 0. The Kier molecular flexibility index (Phi) is 3.94. The lowest BCUT2D eigenvalue weighted by atomic mass is 10.4. The summed E-state index contributed by atoms with van der Waals surface area (Å²) in [7, 11) is 0.878. The molecule has 2 amide bonds. The number of alkyl halides is 3. The van der Waals surface area contributed by atoms with E-state index in [1.54, 1.807) is 6.92 Å². The molecule has 0 bridgehead atoms. The summed E-state index contributed by atoms with van der Waals surface area (Å²) in [5.41, 5.74) is 0. The highest BCUT2D eigenvalue weighted by molar-refractivity contribution is 5.94. The van der Waals surface area contributed by atoms with E-state index >= 15 is 0 Å². The van der Waals surface area contributed by atoms with Crippen molar-refractivity contribution < 1.29 is 27.3 Å². The Morgan fingerprint density at radius 3 is 2.56 bits per heavy atom. The fraction of sp³-hybridized carbons (Fsp3) is 0.444. The van der Waals surface area contributed by atoms with Gasteiger partial charge in [-0.15, -0.1) is 0 Å². The maximum atomic E-state index is 12.0. The van der Waals surface area contributed by atoms with E-state index in [0.717, 1.165) is 7.05 Å². The average Bonchev–Trinajstić information content (AvgIpc) is 2.61. The Hall–Kier alpha value is -2.06. The van der Waals surface area contributed by atoms with Gasteiger partial charge in [-0.2, -0.15) is 13.2 Å². The van der Waals surface area contributed by atoms with Gasteiger partial charge in [0.2, 0.25) is 5.91 Å².